The highest BCUT2D eigenvalue weighted by Crippen LogP contribution is 2.40. The molecule has 0 N–H and O–H groups in total. The zero-order chi connectivity index (χ0) is 37.5. The van der Waals surface area contributed by atoms with Crippen LogP contribution in [0.1, 0.15) is 0 Å². The van der Waals surface area contributed by atoms with Gasteiger partial charge in [-0.2, -0.15) is 0 Å². The number of furan rings is 1. The van der Waals surface area contributed by atoms with Gasteiger partial charge < -0.3 is 13.6 Å². The molecule has 0 spiro atoms. The molecule has 3 nitrogen and oxygen atoms in total. The van der Waals surface area contributed by atoms with E-state index >= 15 is 0 Å². The minimum Gasteiger partial charge on any atom is -0.455 e. The van der Waals surface area contributed by atoms with E-state index in [1.807, 2.05) is 12.1 Å². The number of benzene rings is 9. The Balaban J connectivity index is 0.960. The number of para-hydroxylation sites is 4. The van der Waals surface area contributed by atoms with Crippen molar-refractivity contribution in [1.82, 2.24) is 9.13 Å². The zero-order valence-electron chi connectivity index (χ0n) is 30.9. The fourth-order valence-corrected chi connectivity index (χ4v) is 9.08. The lowest BCUT2D eigenvalue weighted by Gasteiger charge is -2.11. The Labute approximate surface area is 328 Å². The van der Waals surface area contributed by atoms with E-state index in [1.54, 1.807) is 0 Å². The summed E-state index contributed by atoms with van der Waals surface area (Å²) in [6.45, 7) is 0. The molecule has 3 heteroatoms. The van der Waals surface area contributed by atoms with Crippen molar-refractivity contribution in [3.8, 4) is 44.8 Å². The number of aromatic nitrogens is 2. The van der Waals surface area contributed by atoms with Gasteiger partial charge in [0.25, 0.3) is 0 Å². The summed E-state index contributed by atoms with van der Waals surface area (Å²) in [6, 6.07) is 74.5. The molecule has 0 radical (unpaired) electrons. The van der Waals surface area contributed by atoms with E-state index in [2.05, 4.69) is 203 Å². The maximum absolute atomic E-state index is 6.38. The van der Waals surface area contributed by atoms with Gasteiger partial charge in [-0.15, -0.1) is 0 Å². The molecule has 0 aliphatic carbocycles. The summed E-state index contributed by atoms with van der Waals surface area (Å²) in [5.41, 5.74) is 15.9. The highest BCUT2D eigenvalue weighted by atomic mass is 16.3. The summed E-state index contributed by atoms with van der Waals surface area (Å²) in [7, 11) is 0. The first-order chi connectivity index (χ1) is 28.3. The minimum atomic E-state index is 0.915. The van der Waals surface area contributed by atoms with E-state index < -0.39 is 0 Å². The first-order valence-electron chi connectivity index (χ1n) is 19.5. The third-order valence-corrected chi connectivity index (χ3v) is 11.7. The monoisotopic (exact) mass is 726 g/mol. The van der Waals surface area contributed by atoms with Crippen molar-refractivity contribution in [2.45, 2.75) is 0 Å². The van der Waals surface area contributed by atoms with Crippen LogP contribution in [0, 0.1) is 0 Å². The lowest BCUT2D eigenvalue weighted by Crippen LogP contribution is -1.94. The molecule has 9 aromatic carbocycles. The van der Waals surface area contributed by atoms with Crippen LogP contribution < -0.4 is 0 Å². The molecule has 0 saturated carbocycles. The fraction of sp³-hybridized carbons (Fsp3) is 0. The van der Waals surface area contributed by atoms with E-state index in [0.29, 0.717) is 0 Å². The quantitative estimate of drug-likeness (QED) is 0.173. The standard InChI is InChI=1S/C54H34N2O/c1-2-12-35(13-3-1)37-14-10-15-41(32-37)56-50-22-8-5-17-44(50)48-34-39(27-31-52(48)56)38-26-30-51-47(33-38)43-16-4-7-21-49(43)55(51)40-28-24-36(25-29-40)42-19-11-20-46-45-18-6-9-23-53(45)57-54(42)46/h1-34H. The number of hydrogen-bond donors (Lipinski definition) is 0. The Kier molecular flexibility index (Phi) is 6.93. The average molecular weight is 727 g/mol. The molecular formula is C54H34N2O. The van der Waals surface area contributed by atoms with Crippen molar-refractivity contribution in [3.63, 3.8) is 0 Å². The molecular weight excluding hydrogens is 693 g/mol. The summed E-state index contributed by atoms with van der Waals surface area (Å²) < 4.78 is 11.2. The van der Waals surface area contributed by atoms with Crippen LogP contribution in [0.25, 0.3) is 110 Å². The number of fused-ring (bicyclic) bond motifs is 9. The molecule has 12 aromatic rings. The van der Waals surface area contributed by atoms with Crippen LogP contribution in [0.3, 0.4) is 0 Å². The van der Waals surface area contributed by atoms with Gasteiger partial charge in [-0.3, -0.25) is 0 Å². The van der Waals surface area contributed by atoms with Gasteiger partial charge in [0.05, 0.1) is 22.1 Å². The first kappa shape index (κ1) is 31.7. The minimum absolute atomic E-state index is 0.915. The number of rotatable bonds is 5. The molecule has 0 unspecified atom stereocenters. The first-order valence-corrected chi connectivity index (χ1v) is 19.5. The van der Waals surface area contributed by atoms with Crippen LogP contribution in [0.5, 0.6) is 0 Å². The molecule has 0 atom stereocenters. The summed E-state index contributed by atoms with van der Waals surface area (Å²) in [4.78, 5) is 0. The van der Waals surface area contributed by atoms with Crippen molar-refractivity contribution < 1.29 is 4.42 Å². The van der Waals surface area contributed by atoms with Gasteiger partial charge in [-0.1, -0.05) is 140 Å². The average Bonchev–Trinajstić information content (AvgIpc) is 3.94. The van der Waals surface area contributed by atoms with Crippen molar-refractivity contribution in [2.75, 3.05) is 0 Å². The maximum Gasteiger partial charge on any atom is 0.143 e. The molecule has 0 saturated heterocycles. The van der Waals surface area contributed by atoms with E-state index in [4.69, 9.17) is 4.42 Å². The molecule has 266 valence electrons. The SMILES string of the molecule is c1ccc(-c2cccc(-n3c4ccccc4c4cc(-c5ccc6c(c5)c5ccccc5n6-c5ccc(-c6cccc7c6oc6ccccc67)cc5)ccc43)c2)cc1. The third-order valence-electron chi connectivity index (χ3n) is 11.7. The van der Waals surface area contributed by atoms with Crippen LogP contribution in [0.4, 0.5) is 0 Å². The molecule has 3 heterocycles. The van der Waals surface area contributed by atoms with Gasteiger partial charge >= 0.3 is 0 Å². The lowest BCUT2D eigenvalue weighted by molar-refractivity contribution is 0.670. The smallest absolute Gasteiger partial charge is 0.143 e. The van der Waals surface area contributed by atoms with Crippen LogP contribution in [-0.2, 0) is 0 Å². The molecule has 0 bridgehead atoms. The Hall–Kier alpha value is -7.62. The molecule has 0 aliphatic rings. The zero-order valence-corrected chi connectivity index (χ0v) is 30.9. The molecule has 0 amide bonds. The highest BCUT2D eigenvalue weighted by molar-refractivity contribution is 6.13. The van der Waals surface area contributed by atoms with E-state index in [0.717, 1.165) is 44.4 Å². The van der Waals surface area contributed by atoms with E-state index in [1.165, 1.54) is 65.9 Å². The number of nitrogens with zero attached hydrogens (tertiary/aromatic N) is 2. The lowest BCUT2D eigenvalue weighted by atomic mass is 10.0. The van der Waals surface area contributed by atoms with Gasteiger partial charge in [0.15, 0.2) is 0 Å². The van der Waals surface area contributed by atoms with Crippen molar-refractivity contribution in [3.05, 3.63) is 206 Å². The Morgan fingerprint density at radius 3 is 1.49 bits per heavy atom. The van der Waals surface area contributed by atoms with Crippen LogP contribution in [0.2, 0.25) is 0 Å². The van der Waals surface area contributed by atoms with Gasteiger partial charge in [-0.25, -0.2) is 0 Å². The van der Waals surface area contributed by atoms with Crippen LogP contribution in [0.15, 0.2) is 211 Å². The van der Waals surface area contributed by atoms with Gasteiger partial charge in [-0.05, 0) is 94.5 Å². The van der Waals surface area contributed by atoms with Gasteiger partial charge in [0.1, 0.15) is 11.2 Å². The van der Waals surface area contributed by atoms with Gasteiger partial charge in [0.2, 0.25) is 0 Å². The Morgan fingerprint density at radius 1 is 0.281 bits per heavy atom. The number of hydrogen-bond acceptors (Lipinski definition) is 1. The predicted octanol–water partition coefficient (Wildman–Crippen LogP) is 14.8. The second-order valence-corrected chi connectivity index (χ2v) is 14.9. The van der Waals surface area contributed by atoms with Crippen LogP contribution >= 0.6 is 0 Å². The van der Waals surface area contributed by atoms with Crippen molar-refractivity contribution in [2.24, 2.45) is 0 Å². The van der Waals surface area contributed by atoms with Crippen LogP contribution in [-0.4, -0.2) is 9.13 Å². The normalized spacial score (nSPS) is 11.9. The fourth-order valence-electron chi connectivity index (χ4n) is 9.08. The molecule has 57 heavy (non-hydrogen) atoms. The Morgan fingerprint density at radius 2 is 0.789 bits per heavy atom. The summed E-state index contributed by atoms with van der Waals surface area (Å²) in [5.74, 6) is 0. The van der Waals surface area contributed by atoms with E-state index in [-0.39, 0.29) is 0 Å². The summed E-state index contributed by atoms with van der Waals surface area (Å²) >= 11 is 0. The maximum atomic E-state index is 6.38. The predicted molar refractivity (Wildman–Crippen MR) is 239 cm³/mol. The van der Waals surface area contributed by atoms with Crippen molar-refractivity contribution >= 4 is 65.6 Å². The Bertz CT molecular complexity index is 3510. The largest absolute Gasteiger partial charge is 0.455 e. The molecule has 12 rings (SSSR count). The topological polar surface area (TPSA) is 23.0 Å². The molecule has 3 aromatic heterocycles. The molecule has 0 fully saturated rings. The second-order valence-electron chi connectivity index (χ2n) is 14.9. The second kappa shape index (κ2) is 12.5. The van der Waals surface area contributed by atoms with E-state index in [9.17, 15) is 0 Å². The summed E-state index contributed by atoms with van der Waals surface area (Å²) in [6.07, 6.45) is 0. The highest BCUT2D eigenvalue weighted by Gasteiger charge is 2.17. The van der Waals surface area contributed by atoms with Crippen molar-refractivity contribution in [1.29, 1.82) is 0 Å². The molecule has 0 aliphatic heterocycles. The van der Waals surface area contributed by atoms with Gasteiger partial charge in [0, 0.05) is 49.3 Å². The third kappa shape index (κ3) is 4.92. The summed E-state index contributed by atoms with van der Waals surface area (Å²) in [5, 5.41) is 7.25.